The Morgan fingerprint density at radius 1 is 1.00 bits per heavy atom. The number of likely N-dealkylation sites (tertiary alicyclic amines) is 1. The number of nitrogens with zero attached hydrogens (tertiary/aromatic N) is 2. The third kappa shape index (κ3) is 1.44. The van der Waals surface area contributed by atoms with Crippen LogP contribution in [0, 0.1) is 12.3 Å². The van der Waals surface area contributed by atoms with E-state index in [2.05, 4.69) is 48.0 Å². The summed E-state index contributed by atoms with van der Waals surface area (Å²) in [4.78, 5) is 4.90. The van der Waals surface area contributed by atoms with Crippen molar-refractivity contribution < 1.29 is 0 Å². The lowest BCUT2D eigenvalue weighted by atomic mass is 9.73. The number of benzene rings is 1. The number of hydrogen-bond donors (Lipinski definition) is 0. The zero-order valence-electron chi connectivity index (χ0n) is 9.53. The Hall–Kier alpha value is -1.02. The summed E-state index contributed by atoms with van der Waals surface area (Å²) < 4.78 is 0. The van der Waals surface area contributed by atoms with Crippen molar-refractivity contribution in [1.82, 2.24) is 4.90 Å². The van der Waals surface area contributed by atoms with Gasteiger partial charge in [-0.25, -0.2) is 0 Å². The van der Waals surface area contributed by atoms with Crippen LogP contribution in [0.2, 0.25) is 0 Å². The molecule has 0 atom stereocenters. The van der Waals surface area contributed by atoms with Crippen LogP contribution in [-0.4, -0.2) is 38.1 Å². The summed E-state index contributed by atoms with van der Waals surface area (Å²) in [5.41, 5.74) is 3.37. The Bertz CT molecular complexity index is 355. The second-order valence-corrected chi connectivity index (χ2v) is 5.36. The van der Waals surface area contributed by atoms with Crippen LogP contribution in [0.25, 0.3) is 0 Å². The van der Waals surface area contributed by atoms with E-state index < -0.39 is 0 Å². The average molecular weight is 202 g/mol. The van der Waals surface area contributed by atoms with Crippen LogP contribution >= 0.6 is 0 Å². The van der Waals surface area contributed by atoms with Crippen molar-refractivity contribution in [2.45, 2.75) is 6.92 Å². The minimum Gasteiger partial charge on any atom is -0.370 e. The SMILES string of the molecule is Cc1ccc(N2CC3(CN(C)C3)C2)cc1. The smallest absolute Gasteiger partial charge is 0.0366 e. The second kappa shape index (κ2) is 2.99. The van der Waals surface area contributed by atoms with Gasteiger partial charge in [-0.1, -0.05) is 17.7 Å². The van der Waals surface area contributed by atoms with Gasteiger partial charge >= 0.3 is 0 Å². The number of rotatable bonds is 1. The topological polar surface area (TPSA) is 6.48 Å². The molecule has 1 aromatic rings. The monoisotopic (exact) mass is 202 g/mol. The first-order valence-corrected chi connectivity index (χ1v) is 5.67. The maximum Gasteiger partial charge on any atom is 0.0366 e. The lowest BCUT2D eigenvalue weighted by molar-refractivity contribution is -0.00238. The summed E-state index contributed by atoms with van der Waals surface area (Å²) in [6.45, 7) is 7.22. The quantitative estimate of drug-likeness (QED) is 0.684. The molecule has 2 aliphatic heterocycles. The van der Waals surface area contributed by atoms with E-state index in [0.717, 1.165) is 0 Å². The largest absolute Gasteiger partial charge is 0.370 e. The highest BCUT2D eigenvalue weighted by atomic mass is 15.3. The predicted molar refractivity (Wildman–Crippen MR) is 63.3 cm³/mol. The minimum absolute atomic E-state index is 0.639. The van der Waals surface area contributed by atoms with Gasteiger partial charge in [0.25, 0.3) is 0 Å². The fraction of sp³-hybridized carbons (Fsp3) is 0.538. The van der Waals surface area contributed by atoms with Crippen LogP contribution in [0.15, 0.2) is 24.3 Å². The Labute approximate surface area is 91.5 Å². The van der Waals surface area contributed by atoms with E-state index in [0.29, 0.717) is 5.41 Å². The van der Waals surface area contributed by atoms with Gasteiger partial charge in [-0.2, -0.15) is 0 Å². The highest BCUT2D eigenvalue weighted by Gasteiger charge is 2.50. The van der Waals surface area contributed by atoms with Crippen molar-refractivity contribution >= 4 is 5.69 Å². The highest BCUT2D eigenvalue weighted by molar-refractivity contribution is 5.51. The second-order valence-electron chi connectivity index (χ2n) is 5.36. The first-order valence-electron chi connectivity index (χ1n) is 5.67. The molecule has 0 unspecified atom stereocenters. The van der Waals surface area contributed by atoms with Crippen LogP contribution in [0.5, 0.6) is 0 Å². The number of anilines is 1. The zero-order chi connectivity index (χ0) is 10.5. The molecule has 2 fully saturated rings. The molecule has 1 aromatic carbocycles. The van der Waals surface area contributed by atoms with E-state index in [9.17, 15) is 0 Å². The summed E-state index contributed by atoms with van der Waals surface area (Å²) in [6, 6.07) is 8.88. The van der Waals surface area contributed by atoms with Crippen LogP contribution in [-0.2, 0) is 0 Å². The molecule has 0 aliphatic carbocycles. The Morgan fingerprint density at radius 3 is 2.13 bits per heavy atom. The van der Waals surface area contributed by atoms with Crippen molar-refractivity contribution in [3.8, 4) is 0 Å². The molecule has 2 heterocycles. The van der Waals surface area contributed by atoms with Gasteiger partial charge < -0.3 is 9.80 Å². The summed E-state index contributed by atoms with van der Waals surface area (Å²) in [5, 5.41) is 0. The van der Waals surface area contributed by atoms with Crippen LogP contribution < -0.4 is 4.90 Å². The Balaban J connectivity index is 1.65. The molecule has 2 nitrogen and oxygen atoms in total. The van der Waals surface area contributed by atoms with E-state index >= 15 is 0 Å². The average Bonchev–Trinajstić information content (AvgIpc) is 2.11. The highest BCUT2D eigenvalue weighted by Crippen LogP contribution is 2.40. The van der Waals surface area contributed by atoms with Crippen molar-refractivity contribution in [2.24, 2.45) is 5.41 Å². The van der Waals surface area contributed by atoms with E-state index in [1.165, 1.54) is 37.4 Å². The molecule has 0 N–H and O–H groups in total. The van der Waals surface area contributed by atoms with Gasteiger partial charge in [0.15, 0.2) is 0 Å². The molecular weight excluding hydrogens is 184 g/mol. The minimum atomic E-state index is 0.639. The van der Waals surface area contributed by atoms with E-state index in [1.54, 1.807) is 0 Å². The molecule has 2 heteroatoms. The summed E-state index contributed by atoms with van der Waals surface area (Å²) in [6.07, 6.45) is 0. The van der Waals surface area contributed by atoms with E-state index in [4.69, 9.17) is 0 Å². The molecule has 0 amide bonds. The molecule has 0 bridgehead atoms. The van der Waals surface area contributed by atoms with E-state index in [-0.39, 0.29) is 0 Å². The lowest BCUT2D eigenvalue weighted by Crippen LogP contribution is -2.71. The summed E-state index contributed by atoms with van der Waals surface area (Å²) in [5.74, 6) is 0. The molecule has 2 saturated heterocycles. The molecule has 0 saturated carbocycles. The number of hydrogen-bond acceptors (Lipinski definition) is 2. The van der Waals surface area contributed by atoms with Gasteiger partial charge in [-0.3, -0.25) is 0 Å². The fourth-order valence-electron chi connectivity index (χ4n) is 3.00. The lowest BCUT2D eigenvalue weighted by Gasteiger charge is -2.60. The third-order valence-corrected chi connectivity index (χ3v) is 3.66. The first kappa shape index (κ1) is 9.22. The van der Waals surface area contributed by atoms with Gasteiger partial charge in [-0.05, 0) is 26.1 Å². The van der Waals surface area contributed by atoms with Crippen molar-refractivity contribution in [1.29, 1.82) is 0 Å². The van der Waals surface area contributed by atoms with Crippen molar-refractivity contribution in [2.75, 3.05) is 38.1 Å². The molecule has 15 heavy (non-hydrogen) atoms. The fourth-order valence-corrected chi connectivity index (χ4v) is 3.00. The first-order chi connectivity index (χ1) is 7.17. The van der Waals surface area contributed by atoms with Crippen LogP contribution in [0.3, 0.4) is 0 Å². The molecule has 80 valence electrons. The van der Waals surface area contributed by atoms with Gasteiger partial charge in [0.05, 0.1) is 0 Å². The van der Waals surface area contributed by atoms with Crippen molar-refractivity contribution in [3.63, 3.8) is 0 Å². The van der Waals surface area contributed by atoms with Crippen molar-refractivity contribution in [3.05, 3.63) is 29.8 Å². The molecule has 1 spiro atoms. The van der Waals surface area contributed by atoms with Crippen LogP contribution in [0.1, 0.15) is 5.56 Å². The molecule has 0 radical (unpaired) electrons. The molecule has 3 rings (SSSR count). The maximum atomic E-state index is 2.49. The third-order valence-electron chi connectivity index (χ3n) is 3.66. The summed E-state index contributed by atoms with van der Waals surface area (Å²) in [7, 11) is 2.21. The molecule has 2 aliphatic rings. The standard InChI is InChI=1S/C13H18N2/c1-11-3-5-12(6-4-11)15-9-13(10-15)7-14(2)8-13/h3-6H,7-10H2,1-2H3. The zero-order valence-corrected chi connectivity index (χ0v) is 9.53. The Morgan fingerprint density at radius 2 is 1.60 bits per heavy atom. The molecular formula is C13H18N2. The molecule has 0 aromatic heterocycles. The van der Waals surface area contributed by atoms with Gasteiger partial charge in [0.1, 0.15) is 0 Å². The van der Waals surface area contributed by atoms with Gasteiger partial charge in [-0.15, -0.1) is 0 Å². The Kier molecular flexibility index (Phi) is 1.84. The summed E-state index contributed by atoms with van der Waals surface area (Å²) >= 11 is 0. The normalized spacial score (nSPS) is 23.7. The number of aryl methyl sites for hydroxylation is 1. The van der Waals surface area contributed by atoms with E-state index in [1.807, 2.05) is 0 Å². The maximum absolute atomic E-state index is 2.49. The van der Waals surface area contributed by atoms with Gasteiger partial charge in [0.2, 0.25) is 0 Å². The predicted octanol–water partition coefficient (Wildman–Crippen LogP) is 1.75. The van der Waals surface area contributed by atoms with Crippen LogP contribution in [0.4, 0.5) is 5.69 Å². The van der Waals surface area contributed by atoms with Gasteiger partial charge in [0, 0.05) is 37.3 Å².